The van der Waals surface area contributed by atoms with E-state index in [2.05, 4.69) is 39.3 Å². The van der Waals surface area contributed by atoms with Gasteiger partial charge < -0.3 is 19.7 Å². The minimum Gasteiger partial charge on any atom is -0.467 e. The van der Waals surface area contributed by atoms with Crippen molar-refractivity contribution in [2.24, 2.45) is 0 Å². The fraction of sp³-hybridized carbons (Fsp3) is 0.727. The lowest BCUT2D eigenvalue weighted by Crippen LogP contribution is -2.14. The van der Waals surface area contributed by atoms with Crippen molar-refractivity contribution in [3.05, 3.63) is 0 Å². The highest BCUT2D eigenvalue weighted by atomic mass is 16.5. The van der Waals surface area contributed by atoms with Crippen LogP contribution in [-0.2, 0) is 0 Å². The Morgan fingerprint density at radius 2 is 1.61 bits per heavy atom. The second-order valence-corrected chi connectivity index (χ2v) is 4.07. The van der Waals surface area contributed by atoms with Crippen LogP contribution in [0.1, 0.15) is 12.8 Å². The Bertz CT molecular complexity index is 337. The molecule has 0 saturated heterocycles. The molecule has 0 aliphatic heterocycles. The zero-order valence-electron chi connectivity index (χ0n) is 11.4. The van der Waals surface area contributed by atoms with E-state index in [1.165, 1.54) is 14.2 Å². The standard InChI is InChI=1S/C11H21N5O2/c1-16(2)8-6-5-7-12-9-13-10(17-3)15-11(14-9)18-4/h5-8H2,1-4H3,(H,12,13,14,15). The van der Waals surface area contributed by atoms with Gasteiger partial charge >= 0.3 is 12.0 Å². The highest BCUT2D eigenvalue weighted by molar-refractivity contribution is 5.27. The van der Waals surface area contributed by atoms with Gasteiger partial charge in [0, 0.05) is 6.54 Å². The number of rotatable bonds is 8. The van der Waals surface area contributed by atoms with Crippen molar-refractivity contribution in [2.75, 3.05) is 46.7 Å². The number of hydrogen-bond acceptors (Lipinski definition) is 7. The molecule has 0 radical (unpaired) electrons. The molecule has 1 aromatic heterocycles. The number of methoxy groups -OCH3 is 2. The van der Waals surface area contributed by atoms with Crippen LogP contribution in [0.2, 0.25) is 0 Å². The topological polar surface area (TPSA) is 72.4 Å². The predicted octanol–water partition coefficient (Wildman–Crippen LogP) is 0.643. The molecule has 7 heteroatoms. The largest absolute Gasteiger partial charge is 0.467 e. The molecular weight excluding hydrogens is 234 g/mol. The van der Waals surface area contributed by atoms with Crippen LogP contribution in [0.15, 0.2) is 0 Å². The van der Waals surface area contributed by atoms with Gasteiger partial charge in [-0.3, -0.25) is 0 Å². The molecule has 0 aliphatic carbocycles. The van der Waals surface area contributed by atoms with Gasteiger partial charge in [-0.15, -0.1) is 4.98 Å². The Labute approximate surface area is 108 Å². The average Bonchev–Trinajstić information content (AvgIpc) is 2.37. The van der Waals surface area contributed by atoms with Crippen LogP contribution in [0, 0.1) is 0 Å². The minimum atomic E-state index is 0.248. The van der Waals surface area contributed by atoms with E-state index in [1.54, 1.807) is 0 Å². The van der Waals surface area contributed by atoms with Gasteiger partial charge in [0.05, 0.1) is 14.2 Å². The maximum absolute atomic E-state index is 4.97. The smallest absolute Gasteiger partial charge is 0.324 e. The molecule has 0 bridgehead atoms. The molecule has 102 valence electrons. The van der Waals surface area contributed by atoms with Gasteiger partial charge in [-0.2, -0.15) is 9.97 Å². The number of nitrogens with zero attached hydrogens (tertiary/aromatic N) is 4. The number of anilines is 1. The summed E-state index contributed by atoms with van der Waals surface area (Å²) in [5.41, 5.74) is 0. The molecule has 1 N–H and O–H groups in total. The summed E-state index contributed by atoms with van der Waals surface area (Å²) in [5, 5.41) is 3.13. The lowest BCUT2D eigenvalue weighted by Gasteiger charge is -2.10. The van der Waals surface area contributed by atoms with Crippen molar-refractivity contribution < 1.29 is 9.47 Å². The first-order valence-electron chi connectivity index (χ1n) is 5.88. The normalized spacial score (nSPS) is 10.5. The molecule has 1 heterocycles. The van der Waals surface area contributed by atoms with Crippen LogP contribution >= 0.6 is 0 Å². The molecule has 0 spiro atoms. The molecule has 0 fully saturated rings. The molecule has 0 aromatic carbocycles. The molecule has 1 rings (SSSR count). The third-order valence-electron chi connectivity index (χ3n) is 2.27. The lowest BCUT2D eigenvalue weighted by atomic mass is 10.3. The van der Waals surface area contributed by atoms with E-state index in [0.717, 1.165) is 25.9 Å². The molecule has 18 heavy (non-hydrogen) atoms. The second-order valence-electron chi connectivity index (χ2n) is 4.07. The van der Waals surface area contributed by atoms with Gasteiger partial charge in [-0.1, -0.05) is 0 Å². The summed E-state index contributed by atoms with van der Waals surface area (Å²) in [4.78, 5) is 14.3. The number of unbranched alkanes of at least 4 members (excludes halogenated alkanes) is 1. The summed E-state index contributed by atoms with van der Waals surface area (Å²) in [7, 11) is 7.15. The zero-order valence-corrected chi connectivity index (χ0v) is 11.4. The van der Waals surface area contributed by atoms with E-state index in [-0.39, 0.29) is 12.0 Å². The van der Waals surface area contributed by atoms with Gasteiger partial charge in [0.15, 0.2) is 0 Å². The molecule has 0 aliphatic rings. The molecule has 0 saturated carbocycles. The Kier molecular flexibility index (Phi) is 6.13. The van der Waals surface area contributed by atoms with Crippen molar-refractivity contribution in [3.8, 4) is 12.0 Å². The quantitative estimate of drug-likeness (QED) is 0.683. The van der Waals surface area contributed by atoms with E-state index < -0.39 is 0 Å². The van der Waals surface area contributed by atoms with Crippen molar-refractivity contribution >= 4 is 5.95 Å². The fourth-order valence-corrected chi connectivity index (χ4v) is 1.35. The van der Waals surface area contributed by atoms with Crippen molar-refractivity contribution in [1.82, 2.24) is 19.9 Å². The van der Waals surface area contributed by atoms with Crippen molar-refractivity contribution in [1.29, 1.82) is 0 Å². The summed E-state index contributed by atoms with van der Waals surface area (Å²) in [6.45, 7) is 1.88. The highest BCUT2D eigenvalue weighted by Crippen LogP contribution is 2.11. The number of ether oxygens (including phenoxy) is 2. The molecule has 0 atom stereocenters. The summed E-state index contributed by atoms with van der Waals surface area (Å²) in [6, 6.07) is 0.496. The average molecular weight is 255 g/mol. The first-order valence-corrected chi connectivity index (χ1v) is 5.88. The Balaban J connectivity index is 2.41. The first kappa shape index (κ1) is 14.4. The predicted molar refractivity (Wildman–Crippen MR) is 69.2 cm³/mol. The molecule has 1 aromatic rings. The number of hydrogen-bond donors (Lipinski definition) is 1. The van der Waals surface area contributed by atoms with E-state index >= 15 is 0 Å². The van der Waals surface area contributed by atoms with Crippen molar-refractivity contribution in [2.45, 2.75) is 12.8 Å². The molecular formula is C11H21N5O2. The fourth-order valence-electron chi connectivity index (χ4n) is 1.35. The monoisotopic (exact) mass is 255 g/mol. The van der Waals surface area contributed by atoms with Crippen LogP contribution < -0.4 is 14.8 Å². The summed E-state index contributed by atoms with van der Waals surface area (Å²) in [6.07, 6.45) is 2.17. The maximum atomic E-state index is 4.97. The van der Waals surface area contributed by atoms with Crippen LogP contribution in [0.25, 0.3) is 0 Å². The van der Waals surface area contributed by atoms with Gasteiger partial charge in [0.1, 0.15) is 0 Å². The number of nitrogens with one attached hydrogen (secondary N) is 1. The van der Waals surface area contributed by atoms with E-state index in [1.807, 2.05) is 0 Å². The second kappa shape index (κ2) is 7.65. The minimum absolute atomic E-state index is 0.248. The molecule has 0 unspecified atom stereocenters. The third-order valence-corrected chi connectivity index (χ3v) is 2.27. The first-order chi connectivity index (χ1) is 8.65. The third kappa shape index (κ3) is 5.13. The summed E-state index contributed by atoms with van der Waals surface area (Å²) >= 11 is 0. The van der Waals surface area contributed by atoms with Crippen molar-refractivity contribution in [3.63, 3.8) is 0 Å². The van der Waals surface area contributed by atoms with Crippen LogP contribution in [0.4, 0.5) is 5.95 Å². The maximum Gasteiger partial charge on any atom is 0.324 e. The number of aromatic nitrogens is 3. The Morgan fingerprint density at radius 1 is 1.00 bits per heavy atom. The highest BCUT2D eigenvalue weighted by Gasteiger charge is 2.06. The van der Waals surface area contributed by atoms with Crippen LogP contribution in [0.3, 0.4) is 0 Å². The summed E-state index contributed by atoms with van der Waals surface area (Å²) in [5.74, 6) is 0.476. The van der Waals surface area contributed by atoms with Gasteiger partial charge in [0.2, 0.25) is 5.95 Å². The van der Waals surface area contributed by atoms with E-state index in [9.17, 15) is 0 Å². The van der Waals surface area contributed by atoms with Crippen LogP contribution in [0.5, 0.6) is 12.0 Å². The van der Waals surface area contributed by atoms with Gasteiger partial charge in [-0.25, -0.2) is 0 Å². The van der Waals surface area contributed by atoms with Gasteiger partial charge in [-0.05, 0) is 33.5 Å². The zero-order chi connectivity index (χ0) is 13.4. The Morgan fingerprint density at radius 3 is 2.11 bits per heavy atom. The van der Waals surface area contributed by atoms with Crippen LogP contribution in [-0.4, -0.2) is 61.3 Å². The summed E-state index contributed by atoms with van der Waals surface area (Å²) < 4.78 is 9.93. The van der Waals surface area contributed by atoms with E-state index in [4.69, 9.17) is 9.47 Å². The lowest BCUT2D eigenvalue weighted by molar-refractivity contribution is 0.341. The van der Waals surface area contributed by atoms with E-state index in [0.29, 0.717) is 5.95 Å². The van der Waals surface area contributed by atoms with Gasteiger partial charge in [0.25, 0.3) is 0 Å². The Hall–Kier alpha value is -1.63. The molecule has 0 amide bonds. The SMILES string of the molecule is COc1nc(NCCCCN(C)C)nc(OC)n1. The molecule has 7 nitrogen and oxygen atoms in total.